The highest BCUT2D eigenvalue weighted by molar-refractivity contribution is 6.04. The Kier molecular flexibility index (Phi) is 15.3. The van der Waals surface area contributed by atoms with Crippen molar-refractivity contribution >= 4 is 47.0 Å². The van der Waals surface area contributed by atoms with Crippen molar-refractivity contribution in [3.8, 4) is 17.2 Å². The Morgan fingerprint density at radius 1 is 0.877 bits per heavy atom. The maximum atomic E-state index is 13.8. The number of carbonyl (C=O) groups is 4. The molecule has 3 aromatic carbocycles. The van der Waals surface area contributed by atoms with Gasteiger partial charge in [-0.25, -0.2) is 9.78 Å². The number of ether oxygens (including phenoxy) is 2. The van der Waals surface area contributed by atoms with Gasteiger partial charge in [0.2, 0.25) is 35.5 Å². The van der Waals surface area contributed by atoms with Gasteiger partial charge in [-0.05, 0) is 99.1 Å². The van der Waals surface area contributed by atoms with Crippen LogP contribution in [0.5, 0.6) is 5.75 Å². The Morgan fingerprint density at radius 2 is 1.64 bits per heavy atom. The van der Waals surface area contributed by atoms with Crippen LogP contribution in [0.25, 0.3) is 11.5 Å². The first kappa shape index (κ1) is 49.6. The van der Waals surface area contributed by atoms with Gasteiger partial charge in [0.15, 0.2) is 5.82 Å². The van der Waals surface area contributed by atoms with Crippen molar-refractivity contribution < 1.29 is 33.1 Å². The molecule has 18 heteroatoms. The van der Waals surface area contributed by atoms with Crippen molar-refractivity contribution in [3.05, 3.63) is 102 Å². The van der Waals surface area contributed by atoms with E-state index in [1.54, 1.807) is 25.3 Å². The number of fused-ring (bicyclic) bond motifs is 1. The molecule has 3 N–H and O–H groups in total. The number of likely N-dealkylation sites (tertiary alicyclic amines) is 1. The minimum atomic E-state index is -0.357. The first-order chi connectivity index (χ1) is 35.6. The van der Waals surface area contributed by atoms with Crippen LogP contribution in [0.2, 0.25) is 0 Å². The SMILES string of the molecule is CC[C@@H]1C(=O)N(C)c2cnc(Nc3ccc(-c4nnc(CNC5CCC(N6CCC(N(Cc7ccccc7)C(=O)OCc7ccc(C8CCC(=O)NC8=O)cc7)CC6)CC5)o4)cc3OC)nc2N1C1CCCC1. The summed E-state index contributed by atoms with van der Waals surface area (Å²) in [5, 5.41) is 18.2. The molecule has 73 heavy (non-hydrogen) atoms. The number of benzene rings is 3. The highest BCUT2D eigenvalue weighted by Gasteiger charge is 2.41. The van der Waals surface area contributed by atoms with Gasteiger partial charge in [0.25, 0.3) is 0 Å². The van der Waals surface area contributed by atoms with Crippen molar-refractivity contribution in [2.24, 2.45) is 0 Å². The van der Waals surface area contributed by atoms with Gasteiger partial charge in [-0.15, -0.1) is 10.2 Å². The van der Waals surface area contributed by atoms with Crippen LogP contribution < -0.4 is 30.5 Å². The predicted octanol–water partition coefficient (Wildman–Crippen LogP) is 8.01. The minimum absolute atomic E-state index is 0.0557. The third kappa shape index (κ3) is 11.2. The van der Waals surface area contributed by atoms with Gasteiger partial charge < -0.3 is 44.1 Å². The van der Waals surface area contributed by atoms with Gasteiger partial charge in [-0.3, -0.25) is 19.7 Å². The first-order valence-corrected chi connectivity index (χ1v) is 26.2. The largest absolute Gasteiger partial charge is 0.495 e. The zero-order valence-corrected chi connectivity index (χ0v) is 42.1. The Morgan fingerprint density at radius 3 is 2.37 bits per heavy atom. The summed E-state index contributed by atoms with van der Waals surface area (Å²) in [7, 11) is 3.42. The lowest BCUT2D eigenvalue weighted by Crippen LogP contribution is -2.55. The van der Waals surface area contributed by atoms with Gasteiger partial charge in [-0.2, -0.15) is 4.98 Å². The summed E-state index contributed by atoms with van der Waals surface area (Å²) in [6.45, 7) is 4.97. The summed E-state index contributed by atoms with van der Waals surface area (Å²) in [5.41, 5.74) is 4.88. The predicted molar refractivity (Wildman–Crippen MR) is 275 cm³/mol. The van der Waals surface area contributed by atoms with Crippen LogP contribution in [0.3, 0.4) is 0 Å². The molecule has 3 aliphatic heterocycles. The van der Waals surface area contributed by atoms with Crippen LogP contribution in [-0.4, -0.2) is 111 Å². The molecule has 18 nitrogen and oxygen atoms in total. The van der Waals surface area contributed by atoms with Crippen LogP contribution in [0.1, 0.15) is 119 Å². The Balaban J connectivity index is 0.695. The monoisotopic (exact) mass is 994 g/mol. The molecule has 0 radical (unpaired) electrons. The van der Waals surface area contributed by atoms with E-state index in [1.807, 2.05) is 77.7 Å². The molecular weight excluding hydrogens is 927 g/mol. The fraction of sp³-hybridized carbons (Fsp3) is 0.491. The van der Waals surface area contributed by atoms with Crippen LogP contribution >= 0.6 is 0 Å². The quantitative estimate of drug-likeness (QED) is 0.0803. The molecule has 2 aliphatic carbocycles. The van der Waals surface area contributed by atoms with Crippen LogP contribution in [0.15, 0.2) is 83.4 Å². The molecule has 0 bridgehead atoms. The number of nitrogens with zero attached hydrogens (tertiary/aromatic N) is 8. The molecule has 5 heterocycles. The van der Waals surface area contributed by atoms with Crippen LogP contribution in [0, 0.1) is 0 Å². The van der Waals surface area contributed by atoms with E-state index in [0.29, 0.717) is 73.6 Å². The molecule has 10 rings (SSSR count). The maximum Gasteiger partial charge on any atom is 0.410 e. The van der Waals surface area contributed by atoms with E-state index in [9.17, 15) is 19.2 Å². The molecular formula is C55H67N11O7. The van der Waals surface area contributed by atoms with Gasteiger partial charge in [0, 0.05) is 62.8 Å². The Bertz CT molecular complexity index is 2730. The number of hydrogen-bond acceptors (Lipinski definition) is 15. The fourth-order valence-electron chi connectivity index (χ4n) is 11.6. The summed E-state index contributed by atoms with van der Waals surface area (Å²) in [6.07, 6.45) is 13.3. The smallest absolute Gasteiger partial charge is 0.410 e. The first-order valence-electron chi connectivity index (χ1n) is 26.2. The maximum absolute atomic E-state index is 13.8. The number of hydrogen-bond donors (Lipinski definition) is 3. The number of aromatic nitrogens is 4. The minimum Gasteiger partial charge on any atom is -0.495 e. The van der Waals surface area contributed by atoms with Gasteiger partial charge in [-0.1, -0.05) is 74.4 Å². The molecule has 2 saturated heterocycles. The summed E-state index contributed by atoms with van der Waals surface area (Å²) in [6, 6.07) is 24.2. The molecule has 2 saturated carbocycles. The summed E-state index contributed by atoms with van der Waals surface area (Å²) in [4.78, 5) is 69.2. The Hall–Kier alpha value is -6.92. The third-order valence-corrected chi connectivity index (χ3v) is 15.7. The highest BCUT2D eigenvalue weighted by Crippen LogP contribution is 2.41. The van der Waals surface area contributed by atoms with Crippen molar-refractivity contribution in [2.75, 3.05) is 42.4 Å². The van der Waals surface area contributed by atoms with Crippen molar-refractivity contribution in [1.82, 2.24) is 40.6 Å². The number of carbonyl (C=O) groups excluding carboxylic acids is 4. The lowest BCUT2D eigenvalue weighted by atomic mass is 9.88. The molecule has 2 atom stereocenters. The molecule has 5 aromatic rings. The molecule has 2 aromatic heterocycles. The molecule has 4 fully saturated rings. The number of rotatable bonds is 16. The van der Waals surface area contributed by atoms with E-state index >= 15 is 0 Å². The number of anilines is 4. The second-order valence-corrected chi connectivity index (χ2v) is 20.2. The van der Waals surface area contributed by atoms with E-state index in [2.05, 4.69) is 47.9 Å². The van der Waals surface area contributed by atoms with Crippen LogP contribution in [0.4, 0.5) is 27.9 Å². The van der Waals surface area contributed by atoms with Crippen molar-refractivity contribution in [3.63, 3.8) is 0 Å². The fourth-order valence-corrected chi connectivity index (χ4v) is 11.6. The van der Waals surface area contributed by atoms with Gasteiger partial charge in [0.1, 0.15) is 24.1 Å². The molecule has 384 valence electrons. The third-order valence-electron chi connectivity index (χ3n) is 15.7. The molecule has 0 spiro atoms. The van der Waals surface area contributed by atoms with Crippen molar-refractivity contribution in [1.29, 1.82) is 0 Å². The summed E-state index contributed by atoms with van der Waals surface area (Å²) in [5.74, 6) is 1.91. The Labute approximate surface area is 426 Å². The average Bonchev–Trinajstić information content (AvgIpc) is 4.15. The zero-order valence-electron chi connectivity index (χ0n) is 42.1. The van der Waals surface area contributed by atoms with Crippen LogP contribution in [-0.2, 0) is 38.8 Å². The molecule has 1 unspecified atom stereocenters. The van der Waals surface area contributed by atoms with E-state index in [4.69, 9.17) is 18.9 Å². The lowest BCUT2D eigenvalue weighted by molar-refractivity contribution is -0.134. The van der Waals surface area contributed by atoms with E-state index in [0.717, 1.165) is 111 Å². The number of nitrogens with one attached hydrogen (secondary N) is 3. The number of piperidine rings is 2. The number of imide groups is 1. The number of likely N-dealkylation sites (N-methyl/N-ethyl adjacent to an activating group) is 1. The molecule has 4 amide bonds. The summed E-state index contributed by atoms with van der Waals surface area (Å²) >= 11 is 0. The molecule has 5 aliphatic rings. The van der Waals surface area contributed by atoms with E-state index < -0.39 is 0 Å². The van der Waals surface area contributed by atoms with E-state index in [-0.39, 0.29) is 54.5 Å². The zero-order chi connectivity index (χ0) is 50.4. The van der Waals surface area contributed by atoms with Gasteiger partial charge >= 0.3 is 6.09 Å². The second-order valence-electron chi connectivity index (χ2n) is 20.2. The normalized spacial score (nSPS) is 22.0. The van der Waals surface area contributed by atoms with Gasteiger partial charge in [0.05, 0.1) is 31.5 Å². The van der Waals surface area contributed by atoms with E-state index in [1.165, 1.54) is 0 Å². The second kappa shape index (κ2) is 22.5. The highest BCUT2D eigenvalue weighted by atomic mass is 16.6. The van der Waals surface area contributed by atoms with Crippen molar-refractivity contribution in [2.45, 2.75) is 146 Å². The summed E-state index contributed by atoms with van der Waals surface area (Å²) < 4.78 is 17.9. The topological polar surface area (TPSA) is 200 Å². The standard InChI is InChI=1S/C55H67N11O7/c1-4-45-53(69)63(2)46-31-57-54(60-50(46)66(45)42-12-8-9-13-42)58-44-24-18-38(30-47(44)71-3)52-62-61-49(73-52)32-56-39-19-21-40(22-20-39)64-28-26-41(27-29-64)65(33-35-10-6-5-7-11-35)55(70)72-34-36-14-16-37(17-15-36)43-23-25-48(67)59-51(43)68/h5-7,10-11,14-18,24,30-31,39-43,45,56H,4,8-9,12-13,19-23,25-29,32-34H2,1-3H3,(H,57,58,60)(H,59,67,68)/t39?,40?,43?,45-/m1/s1. The number of methoxy groups -OCH3 is 1. The number of amides is 4. The lowest BCUT2D eigenvalue weighted by Gasteiger charge is -2.43. The average molecular weight is 994 g/mol.